The first-order chi connectivity index (χ1) is 14.7. The monoisotopic (exact) mass is 428 g/mol. The van der Waals surface area contributed by atoms with Crippen LogP contribution < -0.4 is 15.6 Å². The summed E-state index contributed by atoms with van der Waals surface area (Å²) in [7, 11) is 1.64. The molecule has 3 rings (SSSR count). The molecule has 31 heavy (non-hydrogen) atoms. The molecule has 2 aromatic carbocycles. The molecule has 0 aliphatic heterocycles. The molecule has 2 atom stereocenters. The van der Waals surface area contributed by atoms with Gasteiger partial charge in [0.2, 0.25) is 5.56 Å². The number of methoxy groups -OCH3 is 1. The molecule has 0 fully saturated rings. The summed E-state index contributed by atoms with van der Waals surface area (Å²) in [5.41, 5.74) is 1.88. The Bertz CT molecular complexity index is 1060. The van der Waals surface area contributed by atoms with Crippen LogP contribution in [0.2, 0.25) is 0 Å². The van der Waals surface area contributed by atoms with Gasteiger partial charge in [0.25, 0.3) is 5.97 Å². The van der Waals surface area contributed by atoms with E-state index in [1.807, 2.05) is 24.3 Å². The van der Waals surface area contributed by atoms with Crippen molar-refractivity contribution in [1.82, 2.24) is 10.3 Å². The number of fused-ring (bicyclic) bond motifs is 1. The van der Waals surface area contributed by atoms with E-state index < -0.39 is 12.1 Å². The maximum absolute atomic E-state index is 11.5. The lowest BCUT2D eigenvalue weighted by atomic mass is 10.0. The van der Waals surface area contributed by atoms with Crippen LogP contribution in [0.4, 0.5) is 0 Å². The lowest BCUT2D eigenvalue weighted by Crippen LogP contribution is -2.32. The summed E-state index contributed by atoms with van der Waals surface area (Å²) in [5, 5.41) is 31.9. The number of rotatable bonds is 7. The van der Waals surface area contributed by atoms with Gasteiger partial charge in [0.15, 0.2) is 0 Å². The second-order valence-electron chi connectivity index (χ2n) is 7.18. The summed E-state index contributed by atoms with van der Waals surface area (Å²) in [6, 6.07) is 14.2. The number of carbonyl (C=O) groups is 1. The molecule has 166 valence electrons. The third kappa shape index (κ3) is 7.13. The van der Waals surface area contributed by atoms with E-state index in [9.17, 15) is 15.0 Å². The molecule has 0 saturated heterocycles. The molecule has 0 aliphatic carbocycles. The number of aromatic hydroxyl groups is 1. The zero-order chi connectivity index (χ0) is 23.0. The highest BCUT2D eigenvalue weighted by atomic mass is 16.5. The Morgan fingerprint density at radius 3 is 2.39 bits per heavy atom. The van der Waals surface area contributed by atoms with Gasteiger partial charge in [-0.15, -0.1) is 0 Å². The Morgan fingerprint density at radius 2 is 1.77 bits per heavy atom. The number of aromatic amines is 1. The molecule has 0 saturated carbocycles. The molecule has 8 heteroatoms. The highest BCUT2D eigenvalue weighted by Crippen LogP contribution is 2.28. The summed E-state index contributed by atoms with van der Waals surface area (Å²) in [6.07, 6.45) is 0.0534. The van der Waals surface area contributed by atoms with Gasteiger partial charge < -0.3 is 30.4 Å². The van der Waals surface area contributed by atoms with Crippen LogP contribution in [0.15, 0.2) is 53.3 Å². The van der Waals surface area contributed by atoms with Gasteiger partial charge >= 0.3 is 0 Å². The fraction of sp³-hybridized carbons (Fsp3) is 0.304. The number of benzene rings is 2. The number of phenolic OH excluding ortho intramolecular Hbond substituents is 1. The average Bonchev–Trinajstić information content (AvgIpc) is 2.73. The lowest BCUT2D eigenvalue weighted by Gasteiger charge is -2.19. The van der Waals surface area contributed by atoms with E-state index in [2.05, 4.69) is 17.2 Å². The van der Waals surface area contributed by atoms with E-state index in [1.54, 1.807) is 19.2 Å². The predicted octanol–water partition coefficient (Wildman–Crippen LogP) is 2.59. The normalized spacial score (nSPS) is 12.5. The number of hydrogen-bond acceptors (Lipinski definition) is 6. The summed E-state index contributed by atoms with van der Waals surface area (Å²) in [6.45, 7) is 3.50. The fourth-order valence-corrected chi connectivity index (χ4v) is 3.16. The molecule has 8 nitrogen and oxygen atoms in total. The van der Waals surface area contributed by atoms with Crippen LogP contribution in [-0.2, 0) is 11.2 Å². The zero-order valence-electron chi connectivity index (χ0n) is 17.8. The van der Waals surface area contributed by atoms with Gasteiger partial charge in [-0.2, -0.15) is 0 Å². The number of H-pyrrole nitrogens is 1. The van der Waals surface area contributed by atoms with Crippen molar-refractivity contribution < 1.29 is 24.9 Å². The molecular weight excluding hydrogens is 400 g/mol. The predicted molar refractivity (Wildman–Crippen MR) is 119 cm³/mol. The standard InChI is InChI=1S/C21H24N2O4.C2H4O2/c1-13(11-14-3-5-15(27-2)6-4-14)22-12-19(25)16-7-9-18(24)21-17(16)8-10-20(26)23-21;1-2(3)4/h3-10,13,19,22,24-25H,11-12H2,1-2H3,(H,23,26);1H3,(H,3,4)/t13-,19+;/m1./s1. The smallest absolute Gasteiger partial charge is 0.300 e. The first kappa shape index (κ1) is 23.9. The van der Waals surface area contributed by atoms with Crippen molar-refractivity contribution >= 4 is 16.9 Å². The van der Waals surface area contributed by atoms with Crippen LogP contribution in [0.3, 0.4) is 0 Å². The number of aliphatic hydroxyl groups is 1. The number of phenols is 1. The fourth-order valence-electron chi connectivity index (χ4n) is 3.16. The number of aliphatic carboxylic acids is 1. The molecule has 0 spiro atoms. The number of carboxylic acid groups (broad SMARTS) is 1. The second kappa shape index (κ2) is 11.1. The van der Waals surface area contributed by atoms with Crippen molar-refractivity contribution in [3.63, 3.8) is 0 Å². The molecule has 0 aliphatic rings. The van der Waals surface area contributed by atoms with Crippen LogP contribution >= 0.6 is 0 Å². The number of carboxylic acids is 1. The average molecular weight is 428 g/mol. The molecular formula is C23H28N2O6. The van der Waals surface area contributed by atoms with Crippen LogP contribution in [0.1, 0.15) is 31.1 Å². The van der Waals surface area contributed by atoms with E-state index in [0.29, 0.717) is 23.0 Å². The van der Waals surface area contributed by atoms with E-state index in [4.69, 9.17) is 14.6 Å². The number of ether oxygens (including phenoxy) is 1. The van der Waals surface area contributed by atoms with E-state index >= 15 is 0 Å². The Hall–Kier alpha value is -3.36. The third-order valence-electron chi connectivity index (χ3n) is 4.63. The summed E-state index contributed by atoms with van der Waals surface area (Å²) >= 11 is 0. The van der Waals surface area contributed by atoms with Crippen molar-refractivity contribution in [2.45, 2.75) is 32.4 Å². The van der Waals surface area contributed by atoms with Crippen LogP contribution in [-0.4, -0.2) is 46.0 Å². The zero-order valence-corrected chi connectivity index (χ0v) is 17.8. The maximum Gasteiger partial charge on any atom is 0.300 e. The van der Waals surface area contributed by atoms with Gasteiger partial charge in [-0.1, -0.05) is 18.2 Å². The molecule has 0 unspecified atom stereocenters. The number of pyridine rings is 1. The van der Waals surface area contributed by atoms with Gasteiger partial charge in [-0.25, -0.2) is 0 Å². The number of aliphatic hydroxyl groups excluding tert-OH is 1. The van der Waals surface area contributed by atoms with Crippen molar-refractivity contribution in [2.75, 3.05) is 13.7 Å². The Labute approximate surface area is 180 Å². The first-order valence-electron chi connectivity index (χ1n) is 9.80. The Kier molecular flexibility index (Phi) is 8.60. The summed E-state index contributed by atoms with van der Waals surface area (Å²) < 4.78 is 5.16. The molecule has 3 aromatic rings. The third-order valence-corrected chi connectivity index (χ3v) is 4.63. The van der Waals surface area contributed by atoms with Crippen LogP contribution in [0, 0.1) is 0 Å². The van der Waals surface area contributed by atoms with E-state index in [-0.39, 0.29) is 17.4 Å². The molecule has 5 N–H and O–H groups in total. The largest absolute Gasteiger partial charge is 0.506 e. The van der Waals surface area contributed by atoms with Crippen molar-refractivity contribution in [2.24, 2.45) is 0 Å². The molecule has 1 heterocycles. The van der Waals surface area contributed by atoms with Gasteiger partial charge in [0, 0.05) is 31.0 Å². The quantitative estimate of drug-likeness (QED) is 0.391. The molecule has 1 aromatic heterocycles. The SMILES string of the molecule is CC(=O)O.COc1ccc(C[C@@H](C)NC[C@H](O)c2ccc(O)c3[nH]c(=O)ccc23)cc1. The highest BCUT2D eigenvalue weighted by molar-refractivity contribution is 5.87. The van der Waals surface area contributed by atoms with Crippen molar-refractivity contribution in [3.05, 3.63) is 70.0 Å². The number of aromatic nitrogens is 1. The minimum absolute atomic E-state index is 0.0144. The topological polar surface area (TPSA) is 132 Å². The minimum atomic E-state index is -0.833. The second-order valence-corrected chi connectivity index (χ2v) is 7.18. The Morgan fingerprint density at radius 1 is 1.13 bits per heavy atom. The van der Waals surface area contributed by atoms with E-state index in [0.717, 1.165) is 19.1 Å². The van der Waals surface area contributed by atoms with Gasteiger partial charge in [0.05, 0.1) is 18.7 Å². The maximum atomic E-state index is 11.5. The Balaban J connectivity index is 0.000000785. The van der Waals surface area contributed by atoms with Gasteiger partial charge in [0.1, 0.15) is 11.5 Å². The van der Waals surface area contributed by atoms with Crippen LogP contribution in [0.5, 0.6) is 11.5 Å². The number of nitrogens with one attached hydrogen (secondary N) is 2. The van der Waals surface area contributed by atoms with Crippen LogP contribution in [0.25, 0.3) is 10.9 Å². The van der Waals surface area contributed by atoms with Gasteiger partial charge in [-0.3, -0.25) is 9.59 Å². The van der Waals surface area contributed by atoms with Gasteiger partial charge in [-0.05, 0) is 48.7 Å². The summed E-state index contributed by atoms with van der Waals surface area (Å²) in [4.78, 5) is 23.1. The summed E-state index contributed by atoms with van der Waals surface area (Å²) in [5.74, 6) is -0.0217. The highest BCUT2D eigenvalue weighted by Gasteiger charge is 2.15. The first-order valence-corrected chi connectivity index (χ1v) is 9.80. The molecule has 0 amide bonds. The lowest BCUT2D eigenvalue weighted by molar-refractivity contribution is -0.134. The van der Waals surface area contributed by atoms with Crippen molar-refractivity contribution in [1.29, 1.82) is 0 Å². The minimum Gasteiger partial charge on any atom is -0.506 e. The van der Waals surface area contributed by atoms with E-state index in [1.165, 1.54) is 17.7 Å². The molecule has 0 bridgehead atoms. The van der Waals surface area contributed by atoms with Crippen molar-refractivity contribution in [3.8, 4) is 11.5 Å². The molecule has 0 radical (unpaired) electrons. The number of hydrogen-bond donors (Lipinski definition) is 5.